The van der Waals surface area contributed by atoms with Crippen molar-refractivity contribution in [3.8, 4) is 11.6 Å². The number of aryl methyl sites for hydroxylation is 1. The van der Waals surface area contributed by atoms with Crippen molar-refractivity contribution in [3.05, 3.63) is 33.6 Å². The number of rotatable bonds is 3. The molecule has 9 heteroatoms. The predicted octanol–water partition coefficient (Wildman–Crippen LogP) is 2.44. The Balaban J connectivity index is 1.78. The Hall–Kier alpha value is -2.19. The molecule has 20 heavy (non-hydrogen) atoms. The molecule has 3 heterocycles. The molecule has 0 radical (unpaired) electrons. The summed E-state index contributed by atoms with van der Waals surface area (Å²) in [5.41, 5.74) is 0.664. The van der Waals surface area contributed by atoms with E-state index in [1.54, 1.807) is 36.1 Å². The van der Waals surface area contributed by atoms with Crippen LogP contribution in [0.25, 0.3) is 11.6 Å². The van der Waals surface area contributed by atoms with E-state index in [-0.39, 0.29) is 17.8 Å². The van der Waals surface area contributed by atoms with Crippen molar-refractivity contribution in [2.45, 2.75) is 0 Å². The second kappa shape index (κ2) is 5.06. The Morgan fingerprint density at radius 2 is 2.25 bits per heavy atom. The van der Waals surface area contributed by atoms with Gasteiger partial charge in [0.2, 0.25) is 0 Å². The van der Waals surface area contributed by atoms with Gasteiger partial charge in [-0.3, -0.25) is 14.8 Å². The van der Waals surface area contributed by atoms with Crippen LogP contribution in [0.4, 0.5) is 6.01 Å². The lowest BCUT2D eigenvalue weighted by Gasteiger charge is -1.96. The number of amides is 1. The molecule has 0 spiro atoms. The van der Waals surface area contributed by atoms with E-state index >= 15 is 0 Å². The molecule has 102 valence electrons. The van der Waals surface area contributed by atoms with Crippen LogP contribution < -0.4 is 5.32 Å². The van der Waals surface area contributed by atoms with Crippen LogP contribution in [0.2, 0.25) is 4.34 Å². The number of nitrogens with zero attached hydrogens (tertiary/aromatic N) is 4. The summed E-state index contributed by atoms with van der Waals surface area (Å²) < 4.78 is 7.50. The first kappa shape index (κ1) is 12.8. The highest BCUT2D eigenvalue weighted by Crippen LogP contribution is 2.23. The largest absolute Gasteiger partial charge is 0.401 e. The number of carbonyl (C=O) groups excluding carboxylic acids is 1. The molecule has 3 aromatic heterocycles. The van der Waals surface area contributed by atoms with Crippen molar-refractivity contribution in [3.63, 3.8) is 0 Å². The van der Waals surface area contributed by atoms with Crippen molar-refractivity contribution in [1.82, 2.24) is 20.0 Å². The topological polar surface area (TPSA) is 85.8 Å². The van der Waals surface area contributed by atoms with Crippen LogP contribution in [0.3, 0.4) is 0 Å². The molecule has 0 aliphatic heterocycles. The number of anilines is 1. The molecule has 0 fully saturated rings. The molecule has 7 nitrogen and oxygen atoms in total. The van der Waals surface area contributed by atoms with E-state index in [0.717, 1.165) is 0 Å². The molecule has 0 saturated heterocycles. The first-order valence-electron chi connectivity index (χ1n) is 5.52. The summed E-state index contributed by atoms with van der Waals surface area (Å²) >= 11 is 6.95. The molecule has 0 bridgehead atoms. The van der Waals surface area contributed by atoms with E-state index in [9.17, 15) is 4.79 Å². The zero-order valence-electron chi connectivity index (χ0n) is 10.2. The van der Waals surface area contributed by atoms with Gasteiger partial charge in [-0.15, -0.1) is 16.4 Å². The van der Waals surface area contributed by atoms with E-state index in [1.165, 1.54) is 11.3 Å². The maximum atomic E-state index is 11.9. The van der Waals surface area contributed by atoms with Crippen molar-refractivity contribution < 1.29 is 9.21 Å². The van der Waals surface area contributed by atoms with Crippen LogP contribution in [0.15, 0.2) is 28.8 Å². The molecule has 0 saturated carbocycles. The third-order valence-corrected chi connectivity index (χ3v) is 3.71. The Bertz CT molecular complexity index is 762. The zero-order chi connectivity index (χ0) is 14.1. The number of hydrogen-bond donors (Lipinski definition) is 1. The molecule has 1 amide bonds. The second-order valence-electron chi connectivity index (χ2n) is 3.81. The van der Waals surface area contributed by atoms with Gasteiger partial charge in [0.1, 0.15) is 5.69 Å². The Kier molecular flexibility index (Phi) is 3.25. The summed E-state index contributed by atoms with van der Waals surface area (Å²) in [6.45, 7) is 0. The summed E-state index contributed by atoms with van der Waals surface area (Å²) in [5, 5.41) is 14.1. The fourth-order valence-electron chi connectivity index (χ4n) is 1.56. The molecule has 0 unspecified atom stereocenters. The van der Waals surface area contributed by atoms with Crippen molar-refractivity contribution >= 4 is 34.9 Å². The van der Waals surface area contributed by atoms with Gasteiger partial charge in [-0.2, -0.15) is 5.10 Å². The minimum absolute atomic E-state index is 0.0238. The molecule has 0 atom stereocenters. The van der Waals surface area contributed by atoms with Gasteiger partial charge in [0.05, 0.1) is 9.21 Å². The molecule has 0 aromatic carbocycles. The fourth-order valence-corrected chi connectivity index (χ4v) is 2.49. The van der Waals surface area contributed by atoms with Gasteiger partial charge in [-0.05, 0) is 18.2 Å². The van der Waals surface area contributed by atoms with E-state index < -0.39 is 0 Å². The number of halogens is 1. The highest BCUT2D eigenvalue weighted by atomic mass is 35.5. The average molecular weight is 310 g/mol. The summed E-state index contributed by atoms with van der Waals surface area (Å²) in [5.74, 6) is -0.0633. The van der Waals surface area contributed by atoms with Gasteiger partial charge in [0.15, 0.2) is 0 Å². The normalized spacial score (nSPS) is 10.7. The van der Waals surface area contributed by atoms with E-state index in [1.807, 2.05) is 0 Å². The van der Waals surface area contributed by atoms with Crippen LogP contribution >= 0.6 is 22.9 Å². The van der Waals surface area contributed by atoms with Gasteiger partial charge < -0.3 is 4.42 Å². The van der Waals surface area contributed by atoms with E-state index in [4.69, 9.17) is 16.0 Å². The van der Waals surface area contributed by atoms with Crippen LogP contribution in [0, 0.1) is 0 Å². The van der Waals surface area contributed by atoms with E-state index in [0.29, 0.717) is 14.9 Å². The first-order valence-corrected chi connectivity index (χ1v) is 6.71. The maximum absolute atomic E-state index is 11.9. The van der Waals surface area contributed by atoms with Crippen molar-refractivity contribution in [2.75, 3.05) is 5.32 Å². The molecule has 0 aliphatic rings. The van der Waals surface area contributed by atoms with Gasteiger partial charge in [0, 0.05) is 13.2 Å². The quantitative estimate of drug-likeness (QED) is 0.803. The Labute approximate surface area is 122 Å². The van der Waals surface area contributed by atoms with Crippen LogP contribution in [0.1, 0.15) is 9.67 Å². The number of nitrogens with one attached hydrogen (secondary N) is 1. The number of hydrogen-bond acceptors (Lipinski definition) is 6. The predicted molar refractivity (Wildman–Crippen MR) is 73.8 cm³/mol. The molecular formula is C11H8ClN5O2S. The van der Waals surface area contributed by atoms with Crippen LogP contribution in [-0.2, 0) is 7.05 Å². The van der Waals surface area contributed by atoms with Crippen LogP contribution in [0.5, 0.6) is 0 Å². The number of thiophene rings is 1. The number of carbonyl (C=O) groups is 1. The lowest BCUT2D eigenvalue weighted by molar-refractivity contribution is 0.102. The number of aromatic nitrogens is 4. The lowest BCUT2D eigenvalue weighted by atomic mass is 10.4. The van der Waals surface area contributed by atoms with Crippen molar-refractivity contribution in [1.29, 1.82) is 0 Å². The van der Waals surface area contributed by atoms with Gasteiger partial charge in [-0.25, -0.2) is 0 Å². The van der Waals surface area contributed by atoms with Crippen LogP contribution in [-0.4, -0.2) is 25.9 Å². The average Bonchev–Trinajstić information content (AvgIpc) is 3.10. The first-order chi connectivity index (χ1) is 9.63. The highest BCUT2D eigenvalue weighted by Gasteiger charge is 2.15. The second-order valence-corrected chi connectivity index (χ2v) is 5.53. The summed E-state index contributed by atoms with van der Waals surface area (Å²) in [7, 11) is 1.76. The van der Waals surface area contributed by atoms with Gasteiger partial charge >= 0.3 is 6.01 Å². The SMILES string of the molecule is Cn1nccc1-c1nnc(NC(=O)c2ccc(Cl)s2)o1. The zero-order valence-corrected chi connectivity index (χ0v) is 11.8. The third-order valence-electron chi connectivity index (χ3n) is 2.48. The molecular weight excluding hydrogens is 302 g/mol. The standard InChI is InChI=1S/C11H8ClN5O2S/c1-17-6(4-5-13-17)10-15-16-11(19-10)14-9(18)7-2-3-8(12)20-7/h2-5H,1H3,(H,14,16,18). The van der Waals surface area contributed by atoms with E-state index in [2.05, 4.69) is 20.6 Å². The summed E-state index contributed by atoms with van der Waals surface area (Å²) in [4.78, 5) is 12.4. The minimum atomic E-state index is -0.345. The minimum Gasteiger partial charge on any atom is -0.401 e. The van der Waals surface area contributed by atoms with Crippen molar-refractivity contribution in [2.24, 2.45) is 7.05 Å². The third kappa shape index (κ3) is 2.43. The molecule has 3 aromatic rings. The summed E-state index contributed by atoms with van der Waals surface area (Å²) in [6, 6.07) is 5.03. The lowest BCUT2D eigenvalue weighted by Crippen LogP contribution is -2.10. The smallest absolute Gasteiger partial charge is 0.322 e. The van der Waals surface area contributed by atoms with Gasteiger partial charge in [0.25, 0.3) is 11.8 Å². The summed E-state index contributed by atoms with van der Waals surface area (Å²) in [6.07, 6.45) is 1.62. The molecule has 1 N–H and O–H groups in total. The Morgan fingerprint density at radius 3 is 2.90 bits per heavy atom. The highest BCUT2D eigenvalue weighted by molar-refractivity contribution is 7.18. The molecule has 3 rings (SSSR count). The monoisotopic (exact) mass is 309 g/mol. The molecule has 0 aliphatic carbocycles. The Morgan fingerprint density at radius 1 is 1.40 bits per heavy atom. The maximum Gasteiger partial charge on any atom is 0.322 e. The fraction of sp³-hybridized carbons (Fsp3) is 0.0909. The van der Waals surface area contributed by atoms with Gasteiger partial charge in [-0.1, -0.05) is 16.7 Å².